The zero-order valence-electron chi connectivity index (χ0n) is 17.1. The van der Waals surface area contributed by atoms with Gasteiger partial charge in [0.15, 0.2) is 0 Å². The van der Waals surface area contributed by atoms with Crippen molar-refractivity contribution in [3.63, 3.8) is 0 Å². The maximum absolute atomic E-state index is 12.8. The van der Waals surface area contributed by atoms with Gasteiger partial charge in [-0.25, -0.2) is 0 Å². The van der Waals surface area contributed by atoms with E-state index in [1.54, 1.807) is 0 Å². The van der Waals surface area contributed by atoms with Gasteiger partial charge in [0, 0.05) is 24.8 Å². The molecule has 2 amide bonds. The topological polar surface area (TPSA) is 54.5 Å². The fourth-order valence-corrected chi connectivity index (χ4v) is 3.74. The highest BCUT2D eigenvalue weighted by molar-refractivity contribution is 6.03. The fraction of sp³-hybridized carbons (Fsp3) is 0.857. The lowest BCUT2D eigenvalue weighted by Gasteiger charge is -2.33. The van der Waals surface area contributed by atoms with Crippen LogP contribution in [0.3, 0.4) is 0 Å². The van der Waals surface area contributed by atoms with Crippen LogP contribution in [0.2, 0.25) is 0 Å². The van der Waals surface area contributed by atoms with Gasteiger partial charge < -0.3 is 0 Å². The average Bonchev–Trinajstić information content (AvgIpc) is 2.81. The summed E-state index contributed by atoms with van der Waals surface area (Å²) in [6, 6.07) is 0. The molecule has 0 aromatic carbocycles. The summed E-state index contributed by atoms with van der Waals surface area (Å²) in [5, 5.41) is 0. The van der Waals surface area contributed by atoms with Gasteiger partial charge in [-0.3, -0.25) is 19.3 Å². The first kappa shape index (κ1) is 21.9. The molecule has 144 valence electrons. The zero-order valence-corrected chi connectivity index (χ0v) is 17.1. The molecule has 1 fully saturated rings. The van der Waals surface area contributed by atoms with Gasteiger partial charge in [-0.2, -0.15) is 0 Å². The Balaban J connectivity index is 2.49. The van der Waals surface area contributed by atoms with Gasteiger partial charge in [0.1, 0.15) is 5.78 Å². The van der Waals surface area contributed by atoms with Gasteiger partial charge in [-0.05, 0) is 31.1 Å². The van der Waals surface area contributed by atoms with Crippen LogP contribution in [0, 0.1) is 16.7 Å². The van der Waals surface area contributed by atoms with E-state index in [4.69, 9.17) is 0 Å². The second-order valence-corrected chi connectivity index (χ2v) is 8.88. The summed E-state index contributed by atoms with van der Waals surface area (Å²) in [6.07, 6.45) is 6.39. The highest BCUT2D eigenvalue weighted by Crippen LogP contribution is 2.42. The molecule has 1 heterocycles. The summed E-state index contributed by atoms with van der Waals surface area (Å²) < 4.78 is 0. The summed E-state index contributed by atoms with van der Waals surface area (Å²) in [6.45, 7) is 12.7. The highest BCUT2D eigenvalue weighted by atomic mass is 16.2. The van der Waals surface area contributed by atoms with Crippen molar-refractivity contribution in [2.45, 2.75) is 92.9 Å². The number of likely N-dealkylation sites (tertiary alicyclic amines) is 1. The second kappa shape index (κ2) is 8.95. The van der Waals surface area contributed by atoms with E-state index < -0.39 is 0 Å². The minimum atomic E-state index is -0.280. The molecule has 0 saturated carbocycles. The van der Waals surface area contributed by atoms with Crippen molar-refractivity contribution in [3.8, 4) is 0 Å². The van der Waals surface area contributed by atoms with Gasteiger partial charge in [-0.15, -0.1) is 0 Å². The third-order valence-corrected chi connectivity index (χ3v) is 5.84. The van der Waals surface area contributed by atoms with Crippen molar-refractivity contribution >= 4 is 17.6 Å². The molecular weight excluding hydrogens is 314 g/mol. The van der Waals surface area contributed by atoms with Crippen molar-refractivity contribution in [3.05, 3.63) is 0 Å². The number of ketones is 1. The van der Waals surface area contributed by atoms with Gasteiger partial charge in [0.05, 0.1) is 5.92 Å². The quantitative estimate of drug-likeness (QED) is 0.421. The number of Topliss-reactive ketones (excluding diaryl/α,β-unsaturated/α-hetero) is 1. The largest absolute Gasteiger partial charge is 0.299 e. The van der Waals surface area contributed by atoms with E-state index in [2.05, 4.69) is 20.8 Å². The van der Waals surface area contributed by atoms with E-state index in [9.17, 15) is 14.4 Å². The smallest absolute Gasteiger partial charge is 0.233 e. The summed E-state index contributed by atoms with van der Waals surface area (Å²) in [7, 11) is 0. The summed E-state index contributed by atoms with van der Waals surface area (Å²) >= 11 is 0. The molecule has 1 saturated heterocycles. The number of carbonyl (C=O) groups excluding carboxylic acids is 3. The Morgan fingerprint density at radius 2 is 1.72 bits per heavy atom. The van der Waals surface area contributed by atoms with Crippen molar-refractivity contribution < 1.29 is 14.4 Å². The number of rotatable bonds is 10. The molecular formula is C21H37NO3. The van der Waals surface area contributed by atoms with E-state index >= 15 is 0 Å². The molecule has 4 nitrogen and oxygen atoms in total. The Labute approximate surface area is 153 Å². The maximum Gasteiger partial charge on any atom is 0.233 e. The first-order valence-electron chi connectivity index (χ1n) is 9.94. The first-order valence-corrected chi connectivity index (χ1v) is 9.94. The predicted molar refractivity (Wildman–Crippen MR) is 101 cm³/mol. The van der Waals surface area contributed by atoms with E-state index in [0.29, 0.717) is 19.4 Å². The van der Waals surface area contributed by atoms with Crippen LogP contribution in [0.15, 0.2) is 0 Å². The van der Waals surface area contributed by atoms with Crippen molar-refractivity contribution in [1.29, 1.82) is 0 Å². The van der Waals surface area contributed by atoms with Gasteiger partial charge in [0.2, 0.25) is 11.8 Å². The normalized spacial score (nSPS) is 20.9. The van der Waals surface area contributed by atoms with E-state index in [-0.39, 0.29) is 34.3 Å². The lowest BCUT2D eigenvalue weighted by molar-refractivity contribution is -0.140. The SMILES string of the molecule is CCCC(C)(CC)C1CC(=O)N(CCCCCC(=O)C(C)(C)C)C1=O. The highest BCUT2D eigenvalue weighted by Gasteiger charge is 2.47. The summed E-state index contributed by atoms with van der Waals surface area (Å²) in [5.41, 5.74) is -0.354. The van der Waals surface area contributed by atoms with E-state index in [0.717, 1.165) is 38.5 Å². The van der Waals surface area contributed by atoms with Crippen molar-refractivity contribution in [2.75, 3.05) is 6.54 Å². The summed E-state index contributed by atoms with van der Waals surface area (Å²) in [4.78, 5) is 38.5. The molecule has 0 aliphatic carbocycles. The third kappa shape index (κ3) is 5.65. The number of amides is 2. The minimum absolute atomic E-state index is 0.0171. The molecule has 0 N–H and O–H groups in total. The van der Waals surface area contributed by atoms with E-state index in [1.807, 2.05) is 20.8 Å². The van der Waals surface area contributed by atoms with Crippen LogP contribution in [-0.2, 0) is 14.4 Å². The van der Waals surface area contributed by atoms with Crippen molar-refractivity contribution in [2.24, 2.45) is 16.7 Å². The van der Waals surface area contributed by atoms with E-state index in [1.165, 1.54) is 4.90 Å². The van der Waals surface area contributed by atoms with Crippen LogP contribution in [0.1, 0.15) is 92.9 Å². The van der Waals surface area contributed by atoms with Crippen LogP contribution in [0.5, 0.6) is 0 Å². The molecule has 0 aromatic rings. The number of hydrogen-bond acceptors (Lipinski definition) is 3. The molecule has 0 radical (unpaired) electrons. The molecule has 0 aromatic heterocycles. The molecule has 1 aliphatic rings. The molecule has 1 rings (SSSR count). The number of nitrogens with zero attached hydrogens (tertiary/aromatic N) is 1. The van der Waals surface area contributed by atoms with Gasteiger partial charge in [-0.1, -0.05) is 54.4 Å². The number of unbranched alkanes of at least 4 members (excludes halogenated alkanes) is 2. The molecule has 0 bridgehead atoms. The lowest BCUT2D eigenvalue weighted by Crippen LogP contribution is -2.36. The Bertz CT molecular complexity index is 492. The zero-order chi connectivity index (χ0) is 19.3. The Kier molecular flexibility index (Phi) is 7.83. The summed E-state index contributed by atoms with van der Waals surface area (Å²) in [5.74, 6) is 0.122. The predicted octanol–water partition coefficient (Wildman–Crippen LogP) is 4.75. The molecule has 0 spiro atoms. The minimum Gasteiger partial charge on any atom is -0.299 e. The van der Waals surface area contributed by atoms with Crippen LogP contribution in [-0.4, -0.2) is 29.0 Å². The molecule has 2 unspecified atom stereocenters. The molecule has 2 atom stereocenters. The van der Waals surface area contributed by atoms with Crippen molar-refractivity contribution in [1.82, 2.24) is 4.90 Å². The second-order valence-electron chi connectivity index (χ2n) is 8.88. The molecule has 25 heavy (non-hydrogen) atoms. The van der Waals surface area contributed by atoms with Gasteiger partial charge >= 0.3 is 0 Å². The van der Waals surface area contributed by atoms with Crippen LogP contribution >= 0.6 is 0 Å². The third-order valence-electron chi connectivity index (χ3n) is 5.84. The molecule has 1 aliphatic heterocycles. The Morgan fingerprint density at radius 1 is 1.08 bits per heavy atom. The number of hydrogen-bond donors (Lipinski definition) is 0. The van der Waals surface area contributed by atoms with Crippen LogP contribution in [0.4, 0.5) is 0 Å². The Morgan fingerprint density at radius 3 is 2.24 bits per heavy atom. The average molecular weight is 352 g/mol. The Hall–Kier alpha value is -1.19. The number of carbonyl (C=O) groups is 3. The van der Waals surface area contributed by atoms with Crippen LogP contribution in [0.25, 0.3) is 0 Å². The lowest BCUT2D eigenvalue weighted by atomic mass is 9.71. The van der Waals surface area contributed by atoms with Gasteiger partial charge in [0.25, 0.3) is 0 Å². The monoisotopic (exact) mass is 351 g/mol. The number of imide groups is 1. The molecule has 4 heteroatoms. The standard InChI is InChI=1S/C21H37NO3/c1-7-13-21(6,8-2)16-15-18(24)22(19(16)25)14-11-9-10-12-17(23)20(3,4)5/h16H,7-15H2,1-6H3. The van der Waals surface area contributed by atoms with Crippen LogP contribution < -0.4 is 0 Å². The maximum atomic E-state index is 12.8. The fourth-order valence-electron chi connectivity index (χ4n) is 3.74. The first-order chi connectivity index (χ1) is 11.6.